The zero-order valence-electron chi connectivity index (χ0n) is 10.9. The van der Waals surface area contributed by atoms with Crippen molar-refractivity contribution in [3.05, 3.63) is 70.6 Å². The van der Waals surface area contributed by atoms with Crippen molar-refractivity contribution >= 4 is 22.3 Å². The predicted molar refractivity (Wildman–Crippen MR) is 79.6 cm³/mol. The van der Waals surface area contributed by atoms with Crippen LogP contribution in [-0.4, -0.2) is 6.54 Å². The molecule has 0 N–H and O–H groups in total. The van der Waals surface area contributed by atoms with Crippen molar-refractivity contribution in [2.45, 2.75) is 6.42 Å². The summed E-state index contributed by atoms with van der Waals surface area (Å²) >= 11 is 0. The molecule has 1 aromatic heterocycles. The Morgan fingerprint density at radius 2 is 1.75 bits per heavy atom. The maximum atomic E-state index is 12.2. The molecule has 0 saturated carbocycles. The molecule has 0 radical (unpaired) electrons. The van der Waals surface area contributed by atoms with Gasteiger partial charge in [0.1, 0.15) is 11.3 Å². The summed E-state index contributed by atoms with van der Waals surface area (Å²) in [7, 11) is 0. The number of fused-ring (bicyclic) bond motifs is 2. The van der Waals surface area contributed by atoms with Gasteiger partial charge in [-0.05, 0) is 30.2 Å². The molecule has 1 aliphatic heterocycles. The molecule has 0 amide bonds. The Kier molecular flexibility index (Phi) is 2.39. The third kappa shape index (κ3) is 1.63. The third-order valence-corrected chi connectivity index (χ3v) is 3.80. The SMILES string of the molecule is O=c1oc2ccccc2cc1N1CCc2ccccc21. The zero-order chi connectivity index (χ0) is 13.5. The topological polar surface area (TPSA) is 33.5 Å². The Labute approximate surface area is 116 Å². The lowest BCUT2D eigenvalue weighted by Crippen LogP contribution is -2.20. The standard InChI is InChI=1S/C17H13NO2/c19-17-15(11-13-6-2-4-8-16(13)20-17)18-10-9-12-5-1-3-7-14(12)18/h1-8,11H,9-10H2. The smallest absolute Gasteiger partial charge is 0.360 e. The lowest BCUT2D eigenvalue weighted by molar-refractivity contribution is 0.560. The Bertz CT molecular complexity index is 851. The molecule has 4 rings (SSSR count). The van der Waals surface area contributed by atoms with E-state index in [1.165, 1.54) is 5.56 Å². The van der Waals surface area contributed by atoms with E-state index in [-0.39, 0.29) is 5.63 Å². The van der Waals surface area contributed by atoms with Crippen LogP contribution in [0.5, 0.6) is 0 Å². The fourth-order valence-electron chi connectivity index (χ4n) is 2.83. The number of hydrogen-bond acceptors (Lipinski definition) is 3. The van der Waals surface area contributed by atoms with Gasteiger partial charge in [-0.15, -0.1) is 0 Å². The zero-order valence-corrected chi connectivity index (χ0v) is 10.9. The van der Waals surface area contributed by atoms with E-state index >= 15 is 0 Å². The number of rotatable bonds is 1. The average molecular weight is 263 g/mol. The summed E-state index contributed by atoms with van der Waals surface area (Å²) < 4.78 is 5.42. The summed E-state index contributed by atoms with van der Waals surface area (Å²) in [6.45, 7) is 0.822. The van der Waals surface area contributed by atoms with Gasteiger partial charge in [0.2, 0.25) is 0 Å². The molecule has 98 valence electrons. The van der Waals surface area contributed by atoms with E-state index in [1.807, 2.05) is 47.4 Å². The van der Waals surface area contributed by atoms with Crippen molar-refractivity contribution < 1.29 is 4.42 Å². The molecule has 1 aliphatic rings. The van der Waals surface area contributed by atoms with Crippen LogP contribution >= 0.6 is 0 Å². The van der Waals surface area contributed by atoms with Crippen LogP contribution in [0.4, 0.5) is 11.4 Å². The van der Waals surface area contributed by atoms with Gasteiger partial charge in [0, 0.05) is 17.6 Å². The summed E-state index contributed by atoms with van der Waals surface area (Å²) in [6, 6.07) is 17.7. The highest BCUT2D eigenvalue weighted by atomic mass is 16.4. The van der Waals surface area contributed by atoms with Crippen molar-refractivity contribution in [2.24, 2.45) is 0 Å². The Morgan fingerprint density at radius 1 is 0.950 bits per heavy atom. The molecule has 0 atom stereocenters. The largest absolute Gasteiger partial charge is 0.421 e. The fourth-order valence-corrected chi connectivity index (χ4v) is 2.83. The molecule has 0 bridgehead atoms. The molecule has 0 fully saturated rings. The number of hydrogen-bond donors (Lipinski definition) is 0. The normalized spacial score (nSPS) is 13.7. The van der Waals surface area contributed by atoms with Gasteiger partial charge in [-0.3, -0.25) is 0 Å². The van der Waals surface area contributed by atoms with Crippen LogP contribution < -0.4 is 10.5 Å². The first-order valence-corrected chi connectivity index (χ1v) is 6.71. The Hall–Kier alpha value is -2.55. The highest BCUT2D eigenvalue weighted by molar-refractivity contribution is 5.82. The molecule has 2 aromatic carbocycles. The monoisotopic (exact) mass is 263 g/mol. The fraction of sp³-hybridized carbons (Fsp3) is 0.118. The van der Waals surface area contributed by atoms with E-state index in [4.69, 9.17) is 4.42 Å². The van der Waals surface area contributed by atoms with Gasteiger partial charge in [-0.25, -0.2) is 4.79 Å². The first-order valence-electron chi connectivity index (χ1n) is 6.71. The third-order valence-electron chi connectivity index (χ3n) is 3.80. The molecule has 0 saturated heterocycles. The van der Waals surface area contributed by atoms with Crippen LogP contribution in [0.1, 0.15) is 5.56 Å². The highest BCUT2D eigenvalue weighted by Gasteiger charge is 2.22. The van der Waals surface area contributed by atoms with Gasteiger partial charge >= 0.3 is 5.63 Å². The quantitative estimate of drug-likeness (QED) is 0.630. The second-order valence-corrected chi connectivity index (χ2v) is 4.99. The molecule has 3 aromatic rings. The van der Waals surface area contributed by atoms with Crippen LogP contribution in [0, 0.1) is 0 Å². The van der Waals surface area contributed by atoms with E-state index in [1.54, 1.807) is 0 Å². The minimum Gasteiger partial charge on any atom is -0.421 e. The summed E-state index contributed by atoms with van der Waals surface area (Å²) in [5.74, 6) is 0. The van der Waals surface area contributed by atoms with Gasteiger partial charge in [-0.1, -0.05) is 36.4 Å². The Balaban J connectivity index is 1.91. The van der Waals surface area contributed by atoms with Crippen LogP contribution in [0.2, 0.25) is 0 Å². The average Bonchev–Trinajstić information content (AvgIpc) is 2.90. The van der Waals surface area contributed by atoms with E-state index in [9.17, 15) is 4.79 Å². The van der Waals surface area contributed by atoms with Crippen LogP contribution in [-0.2, 0) is 6.42 Å². The van der Waals surface area contributed by atoms with E-state index in [2.05, 4.69) is 12.1 Å². The Morgan fingerprint density at radius 3 is 2.70 bits per heavy atom. The number of nitrogens with zero attached hydrogens (tertiary/aromatic N) is 1. The molecule has 20 heavy (non-hydrogen) atoms. The predicted octanol–water partition coefficient (Wildman–Crippen LogP) is 3.49. The van der Waals surface area contributed by atoms with Crippen LogP contribution in [0.3, 0.4) is 0 Å². The molecule has 3 heteroatoms. The first kappa shape index (κ1) is 11.3. The van der Waals surface area contributed by atoms with Crippen molar-refractivity contribution in [2.75, 3.05) is 11.4 Å². The molecule has 0 aliphatic carbocycles. The number of para-hydroxylation sites is 2. The summed E-state index contributed by atoms with van der Waals surface area (Å²) in [5.41, 5.74) is 3.36. The van der Waals surface area contributed by atoms with Gasteiger partial charge < -0.3 is 9.32 Å². The minimum atomic E-state index is -0.277. The molecule has 2 heterocycles. The molecule has 0 unspecified atom stereocenters. The van der Waals surface area contributed by atoms with Gasteiger partial charge in [-0.2, -0.15) is 0 Å². The maximum Gasteiger partial charge on any atom is 0.360 e. The molecule has 0 spiro atoms. The molecular formula is C17H13NO2. The second kappa shape index (κ2) is 4.23. The van der Waals surface area contributed by atoms with Crippen molar-refractivity contribution in [3.63, 3.8) is 0 Å². The number of anilines is 2. The molecular weight excluding hydrogens is 250 g/mol. The maximum absolute atomic E-state index is 12.2. The minimum absolute atomic E-state index is 0.277. The van der Waals surface area contributed by atoms with Crippen molar-refractivity contribution in [3.8, 4) is 0 Å². The highest BCUT2D eigenvalue weighted by Crippen LogP contribution is 2.33. The summed E-state index contributed by atoms with van der Waals surface area (Å²) in [4.78, 5) is 14.3. The number of benzene rings is 2. The van der Waals surface area contributed by atoms with E-state index in [0.29, 0.717) is 11.3 Å². The lowest BCUT2D eigenvalue weighted by Gasteiger charge is -2.18. The van der Waals surface area contributed by atoms with Gasteiger partial charge in [0.25, 0.3) is 0 Å². The van der Waals surface area contributed by atoms with Gasteiger partial charge in [0.05, 0.1) is 0 Å². The van der Waals surface area contributed by atoms with E-state index < -0.39 is 0 Å². The molecule has 3 nitrogen and oxygen atoms in total. The van der Waals surface area contributed by atoms with Crippen molar-refractivity contribution in [1.29, 1.82) is 0 Å². The van der Waals surface area contributed by atoms with Gasteiger partial charge in [0.15, 0.2) is 0 Å². The second-order valence-electron chi connectivity index (χ2n) is 4.99. The van der Waals surface area contributed by atoms with E-state index in [0.717, 1.165) is 24.0 Å². The summed E-state index contributed by atoms with van der Waals surface area (Å²) in [6.07, 6.45) is 0.961. The first-order chi connectivity index (χ1) is 9.83. The van der Waals surface area contributed by atoms with Crippen molar-refractivity contribution in [1.82, 2.24) is 0 Å². The summed E-state index contributed by atoms with van der Waals surface area (Å²) in [5, 5.41) is 0.950. The lowest BCUT2D eigenvalue weighted by atomic mass is 10.2. The van der Waals surface area contributed by atoms with Crippen LogP contribution in [0.15, 0.2) is 63.8 Å². The van der Waals surface area contributed by atoms with Crippen LogP contribution in [0.25, 0.3) is 11.0 Å².